The van der Waals surface area contributed by atoms with E-state index in [0.717, 1.165) is 22.6 Å². The molecule has 126 valence electrons. The van der Waals surface area contributed by atoms with Gasteiger partial charge in [-0.05, 0) is 37.6 Å². The number of anilines is 1. The fraction of sp³-hybridized carbons (Fsp3) is 0.294. The number of rotatable bonds is 6. The molecule has 24 heavy (non-hydrogen) atoms. The third kappa shape index (κ3) is 5.66. The van der Waals surface area contributed by atoms with E-state index in [-0.39, 0.29) is 11.7 Å². The smallest absolute Gasteiger partial charge is 0.250 e. The predicted molar refractivity (Wildman–Crippen MR) is 98.7 cm³/mol. The first-order chi connectivity index (χ1) is 11.4. The van der Waals surface area contributed by atoms with E-state index in [1.807, 2.05) is 63.2 Å². The topological polar surface area (TPSA) is 70.5 Å². The van der Waals surface area contributed by atoms with E-state index in [0.29, 0.717) is 5.16 Å². The van der Waals surface area contributed by atoms with Crippen molar-refractivity contribution in [2.24, 2.45) is 5.10 Å². The lowest BCUT2D eigenvalue weighted by molar-refractivity contribution is -0.118. The van der Waals surface area contributed by atoms with E-state index in [1.165, 1.54) is 11.8 Å². The van der Waals surface area contributed by atoms with Gasteiger partial charge in [0.15, 0.2) is 5.16 Å². The van der Waals surface area contributed by atoms with Crippen LogP contribution in [0.5, 0.6) is 0 Å². The lowest BCUT2D eigenvalue weighted by atomic mass is 10.2. The average molecular weight is 343 g/mol. The zero-order valence-electron chi connectivity index (χ0n) is 14.3. The SMILES string of the molecule is Cc1cc(C)nc(SCC(=O)N/N=C/c2ccc(N(C)C)cc2)n1. The van der Waals surface area contributed by atoms with E-state index < -0.39 is 0 Å². The van der Waals surface area contributed by atoms with Crippen molar-refractivity contribution in [2.75, 3.05) is 24.7 Å². The van der Waals surface area contributed by atoms with Crippen molar-refractivity contribution in [3.05, 3.63) is 47.3 Å². The second-order valence-electron chi connectivity index (χ2n) is 5.50. The highest BCUT2D eigenvalue weighted by molar-refractivity contribution is 7.99. The molecule has 7 heteroatoms. The molecule has 1 aromatic heterocycles. The number of hydrogen-bond donors (Lipinski definition) is 1. The Hall–Kier alpha value is -2.41. The maximum absolute atomic E-state index is 11.8. The number of aryl methyl sites for hydroxylation is 2. The molecule has 0 saturated carbocycles. The Morgan fingerprint density at radius 2 is 1.83 bits per heavy atom. The normalized spacial score (nSPS) is 10.8. The van der Waals surface area contributed by atoms with Crippen LogP contribution in [0.25, 0.3) is 0 Å². The molecule has 0 spiro atoms. The maximum atomic E-state index is 11.8. The van der Waals surface area contributed by atoms with Crippen molar-refractivity contribution in [1.29, 1.82) is 0 Å². The van der Waals surface area contributed by atoms with Crippen LogP contribution in [0.3, 0.4) is 0 Å². The number of hydrogen-bond acceptors (Lipinski definition) is 6. The van der Waals surface area contributed by atoms with Crippen LogP contribution in [0, 0.1) is 13.8 Å². The largest absolute Gasteiger partial charge is 0.378 e. The van der Waals surface area contributed by atoms with Gasteiger partial charge in [0.05, 0.1) is 12.0 Å². The number of nitrogens with zero attached hydrogens (tertiary/aromatic N) is 4. The summed E-state index contributed by atoms with van der Waals surface area (Å²) in [5.41, 5.74) is 6.33. The molecule has 6 nitrogen and oxygen atoms in total. The van der Waals surface area contributed by atoms with Gasteiger partial charge < -0.3 is 4.90 Å². The molecule has 1 aromatic carbocycles. The molecular weight excluding hydrogens is 322 g/mol. The van der Waals surface area contributed by atoms with Gasteiger partial charge in [-0.15, -0.1) is 0 Å². The first-order valence-corrected chi connectivity index (χ1v) is 8.47. The monoisotopic (exact) mass is 343 g/mol. The van der Waals surface area contributed by atoms with Crippen molar-refractivity contribution in [2.45, 2.75) is 19.0 Å². The molecule has 2 aromatic rings. The summed E-state index contributed by atoms with van der Waals surface area (Å²) in [6, 6.07) is 9.79. The second kappa shape index (κ2) is 8.44. The van der Waals surface area contributed by atoms with Crippen LogP contribution in [-0.2, 0) is 4.79 Å². The van der Waals surface area contributed by atoms with Gasteiger partial charge in [-0.3, -0.25) is 4.79 Å². The molecule has 0 aliphatic rings. The Balaban J connectivity index is 1.82. The number of benzene rings is 1. The molecule has 0 aliphatic heterocycles. The Bertz CT molecular complexity index is 708. The fourth-order valence-electron chi connectivity index (χ4n) is 1.96. The standard InChI is InChI=1S/C17H21N5OS/c1-12-9-13(2)20-17(19-12)24-11-16(23)21-18-10-14-5-7-15(8-6-14)22(3)4/h5-10H,11H2,1-4H3,(H,21,23)/b18-10+. The predicted octanol–water partition coefficient (Wildman–Crippen LogP) is 2.40. The summed E-state index contributed by atoms with van der Waals surface area (Å²) in [6.07, 6.45) is 1.62. The molecule has 2 rings (SSSR count). The quantitative estimate of drug-likeness (QED) is 0.377. The lowest BCUT2D eigenvalue weighted by Gasteiger charge is -2.11. The van der Waals surface area contributed by atoms with Gasteiger partial charge in [0.1, 0.15) is 0 Å². The van der Waals surface area contributed by atoms with Gasteiger partial charge in [0.2, 0.25) is 0 Å². The number of thioether (sulfide) groups is 1. The van der Waals surface area contributed by atoms with Crippen LogP contribution in [-0.4, -0.2) is 41.9 Å². The van der Waals surface area contributed by atoms with E-state index in [4.69, 9.17) is 0 Å². The molecule has 1 heterocycles. The molecule has 0 fully saturated rings. The highest BCUT2D eigenvalue weighted by atomic mass is 32.2. The van der Waals surface area contributed by atoms with Gasteiger partial charge in [-0.2, -0.15) is 5.10 Å². The van der Waals surface area contributed by atoms with E-state index in [9.17, 15) is 4.79 Å². The van der Waals surface area contributed by atoms with Crippen molar-refractivity contribution in [3.8, 4) is 0 Å². The number of carbonyl (C=O) groups is 1. The summed E-state index contributed by atoms with van der Waals surface area (Å²) in [6.45, 7) is 3.81. The third-order valence-corrected chi connectivity index (χ3v) is 3.95. The molecule has 1 amide bonds. The van der Waals surface area contributed by atoms with E-state index in [2.05, 4.69) is 20.5 Å². The summed E-state index contributed by atoms with van der Waals surface area (Å²) < 4.78 is 0. The van der Waals surface area contributed by atoms with Crippen LogP contribution >= 0.6 is 11.8 Å². The van der Waals surface area contributed by atoms with Crippen LogP contribution < -0.4 is 10.3 Å². The highest BCUT2D eigenvalue weighted by Gasteiger charge is 2.05. The van der Waals surface area contributed by atoms with Gasteiger partial charge >= 0.3 is 0 Å². The van der Waals surface area contributed by atoms with E-state index >= 15 is 0 Å². The molecule has 1 N–H and O–H groups in total. The van der Waals surface area contributed by atoms with Gasteiger partial charge in [-0.1, -0.05) is 23.9 Å². The minimum absolute atomic E-state index is 0.191. The summed E-state index contributed by atoms with van der Waals surface area (Å²) in [5, 5.41) is 4.57. The van der Waals surface area contributed by atoms with Crippen molar-refractivity contribution in [3.63, 3.8) is 0 Å². The fourth-order valence-corrected chi connectivity index (χ4v) is 2.70. The third-order valence-electron chi connectivity index (χ3n) is 3.11. The Kier molecular flexibility index (Phi) is 6.31. The molecule has 0 saturated heterocycles. The minimum atomic E-state index is -0.191. The molecule has 0 bridgehead atoms. The average Bonchev–Trinajstić information content (AvgIpc) is 2.52. The number of aromatic nitrogens is 2. The summed E-state index contributed by atoms with van der Waals surface area (Å²) in [4.78, 5) is 22.4. The number of amides is 1. The molecule has 0 unspecified atom stereocenters. The maximum Gasteiger partial charge on any atom is 0.250 e. The van der Waals surface area contributed by atoms with Crippen molar-refractivity contribution < 1.29 is 4.79 Å². The van der Waals surface area contributed by atoms with Crippen LogP contribution in [0.15, 0.2) is 40.6 Å². The Morgan fingerprint density at radius 1 is 1.21 bits per heavy atom. The Morgan fingerprint density at radius 3 is 2.42 bits per heavy atom. The van der Waals surface area contributed by atoms with Crippen LogP contribution in [0.1, 0.15) is 17.0 Å². The Labute approximate surface area is 146 Å². The highest BCUT2D eigenvalue weighted by Crippen LogP contribution is 2.13. The van der Waals surface area contributed by atoms with Crippen molar-refractivity contribution in [1.82, 2.24) is 15.4 Å². The first kappa shape index (κ1) is 17.9. The summed E-state index contributed by atoms with van der Waals surface area (Å²) in [7, 11) is 3.97. The zero-order valence-corrected chi connectivity index (χ0v) is 15.1. The molecule has 0 atom stereocenters. The van der Waals surface area contributed by atoms with Crippen LogP contribution in [0.2, 0.25) is 0 Å². The number of nitrogens with one attached hydrogen (secondary N) is 1. The molecular formula is C17H21N5OS. The number of hydrazone groups is 1. The van der Waals surface area contributed by atoms with Crippen molar-refractivity contribution >= 4 is 29.6 Å². The minimum Gasteiger partial charge on any atom is -0.378 e. The number of carbonyl (C=O) groups excluding carboxylic acids is 1. The summed E-state index contributed by atoms with van der Waals surface area (Å²) >= 11 is 1.29. The van der Waals surface area contributed by atoms with Gasteiger partial charge in [0.25, 0.3) is 5.91 Å². The molecule has 0 aliphatic carbocycles. The lowest BCUT2D eigenvalue weighted by Crippen LogP contribution is -2.19. The van der Waals surface area contributed by atoms with Crippen LogP contribution in [0.4, 0.5) is 5.69 Å². The second-order valence-corrected chi connectivity index (χ2v) is 6.44. The van der Waals surface area contributed by atoms with E-state index in [1.54, 1.807) is 6.21 Å². The van der Waals surface area contributed by atoms with Gasteiger partial charge in [0, 0.05) is 31.2 Å². The summed E-state index contributed by atoms with van der Waals surface area (Å²) in [5.74, 6) is 0.0312. The zero-order chi connectivity index (χ0) is 17.5. The first-order valence-electron chi connectivity index (χ1n) is 7.48. The van der Waals surface area contributed by atoms with Gasteiger partial charge in [-0.25, -0.2) is 15.4 Å². The molecule has 0 radical (unpaired) electrons.